The molecule has 1 fully saturated rings. The lowest BCUT2D eigenvalue weighted by Gasteiger charge is -2.48. The molecule has 4 rings (SSSR count). The zero-order chi connectivity index (χ0) is 17.4. The SMILES string of the molecule is CC(=O)N1CC(CC#N)(n2cc(Nc3ncnc4[nH]ccc34)cn2)C1. The summed E-state index contributed by atoms with van der Waals surface area (Å²) in [4.78, 5) is 24.7. The average molecular weight is 336 g/mol. The van der Waals surface area contributed by atoms with E-state index in [2.05, 4.69) is 31.4 Å². The molecule has 0 bridgehead atoms. The maximum Gasteiger partial charge on any atom is 0.219 e. The largest absolute Gasteiger partial charge is 0.346 e. The summed E-state index contributed by atoms with van der Waals surface area (Å²) >= 11 is 0. The standard InChI is InChI=1S/C16H16N8O/c1-11(25)23-8-16(9-23,3-4-17)24-7-12(6-21-24)22-15-13-2-5-18-14(13)19-10-20-15/h2,5-7,10H,3,8-9H2,1H3,(H2,18,19,20,22). The zero-order valence-corrected chi connectivity index (χ0v) is 13.6. The maximum atomic E-state index is 11.5. The predicted octanol–water partition coefficient (Wildman–Crippen LogP) is 1.37. The third-order valence-corrected chi connectivity index (χ3v) is 4.51. The predicted molar refractivity (Wildman–Crippen MR) is 89.9 cm³/mol. The number of hydrogen-bond acceptors (Lipinski definition) is 6. The van der Waals surface area contributed by atoms with Crippen molar-refractivity contribution in [2.24, 2.45) is 0 Å². The Hall–Kier alpha value is -3.41. The molecule has 0 spiro atoms. The number of nitrogens with zero attached hydrogens (tertiary/aromatic N) is 6. The lowest BCUT2D eigenvalue weighted by Crippen LogP contribution is -2.63. The van der Waals surface area contributed by atoms with Gasteiger partial charge in [-0.1, -0.05) is 0 Å². The van der Waals surface area contributed by atoms with E-state index in [9.17, 15) is 4.79 Å². The molecule has 3 aromatic rings. The minimum atomic E-state index is -0.463. The molecule has 0 saturated carbocycles. The highest BCUT2D eigenvalue weighted by Gasteiger charge is 2.46. The van der Waals surface area contributed by atoms with Gasteiger partial charge in [0.2, 0.25) is 5.91 Å². The Bertz CT molecular complexity index is 975. The molecule has 1 aliphatic rings. The van der Waals surface area contributed by atoms with Gasteiger partial charge < -0.3 is 15.2 Å². The number of anilines is 2. The highest BCUT2D eigenvalue weighted by Crippen LogP contribution is 2.33. The van der Waals surface area contributed by atoms with Gasteiger partial charge in [0, 0.05) is 32.4 Å². The van der Waals surface area contributed by atoms with Crippen LogP contribution in [0.2, 0.25) is 0 Å². The van der Waals surface area contributed by atoms with Crippen molar-refractivity contribution >= 4 is 28.4 Å². The molecule has 1 aliphatic heterocycles. The fourth-order valence-electron chi connectivity index (χ4n) is 3.13. The quantitative estimate of drug-likeness (QED) is 0.743. The van der Waals surface area contributed by atoms with E-state index in [1.807, 2.05) is 12.3 Å². The van der Waals surface area contributed by atoms with E-state index in [0.717, 1.165) is 16.7 Å². The summed E-state index contributed by atoms with van der Waals surface area (Å²) in [5.41, 5.74) is 1.05. The van der Waals surface area contributed by atoms with E-state index in [4.69, 9.17) is 5.26 Å². The molecular weight excluding hydrogens is 320 g/mol. The van der Waals surface area contributed by atoms with Crippen LogP contribution in [0.5, 0.6) is 0 Å². The molecule has 3 aromatic heterocycles. The number of fused-ring (bicyclic) bond motifs is 1. The van der Waals surface area contributed by atoms with Crippen LogP contribution in [0, 0.1) is 11.3 Å². The van der Waals surface area contributed by atoms with Gasteiger partial charge in [0.15, 0.2) is 0 Å². The Morgan fingerprint density at radius 2 is 2.32 bits per heavy atom. The van der Waals surface area contributed by atoms with Crippen molar-refractivity contribution < 1.29 is 4.79 Å². The van der Waals surface area contributed by atoms with Crippen molar-refractivity contribution in [2.75, 3.05) is 18.4 Å². The van der Waals surface area contributed by atoms with Crippen LogP contribution in [0.25, 0.3) is 11.0 Å². The fourth-order valence-corrected chi connectivity index (χ4v) is 3.13. The Balaban J connectivity index is 1.59. The second-order valence-electron chi connectivity index (χ2n) is 6.20. The van der Waals surface area contributed by atoms with Crippen molar-refractivity contribution in [3.63, 3.8) is 0 Å². The summed E-state index contributed by atoms with van der Waals surface area (Å²) in [7, 11) is 0. The van der Waals surface area contributed by atoms with Gasteiger partial charge in [0.1, 0.15) is 23.3 Å². The zero-order valence-electron chi connectivity index (χ0n) is 13.6. The molecule has 4 heterocycles. The maximum absolute atomic E-state index is 11.5. The van der Waals surface area contributed by atoms with Crippen molar-refractivity contribution in [3.05, 3.63) is 31.0 Å². The number of rotatable bonds is 4. The number of H-pyrrole nitrogens is 1. The molecule has 0 atom stereocenters. The highest BCUT2D eigenvalue weighted by atomic mass is 16.2. The molecule has 0 aliphatic carbocycles. The summed E-state index contributed by atoms with van der Waals surface area (Å²) < 4.78 is 1.77. The molecule has 0 aromatic carbocycles. The number of amides is 1. The van der Waals surface area contributed by atoms with Gasteiger partial charge in [-0.2, -0.15) is 10.4 Å². The van der Waals surface area contributed by atoms with Crippen molar-refractivity contribution in [2.45, 2.75) is 18.9 Å². The monoisotopic (exact) mass is 336 g/mol. The summed E-state index contributed by atoms with van der Waals surface area (Å²) in [6, 6.07) is 4.10. The van der Waals surface area contributed by atoms with Crippen LogP contribution in [0.4, 0.5) is 11.5 Å². The van der Waals surface area contributed by atoms with Crippen LogP contribution in [0.15, 0.2) is 31.0 Å². The lowest BCUT2D eigenvalue weighted by atomic mass is 9.87. The number of carbonyl (C=O) groups is 1. The third kappa shape index (κ3) is 2.48. The first-order chi connectivity index (χ1) is 12.1. The first-order valence-corrected chi connectivity index (χ1v) is 7.84. The molecule has 2 N–H and O–H groups in total. The molecular formula is C16H16N8O. The number of nitriles is 1. The van der Waals surface area contributed by atoms with Gasteiger partial charge in [-0.15, -0.1) is 0 Å². The van der Waals surface area contributed by atoms with Crippen molar-refractivity contribution in [1.82, 2.24) is 29.6 Å². The van der Waals surface area contributed by atoms with E-state index in [1.54, 1.807) is 22.0 Å². The molecule has 0 radical (unpaired) electrons. The first-order valence-electron chi connectivity index (χ1n) is 7.84. The summed E-state index contributed by atoms with van der Waals surface area (Å²) in [6.07, 6.45) is 7.12. The van der Waals surface area contributed by atoms with Crippen LogP contribution in [0.1, 0.15) is 13.3 Å². The topological polar surface area (TPSA) is 116 Å². The lowest BCUT2D eigenvalue weighted by molar-refractivity contribution is -0.140. The van der Waals surface area contributed by atoms with Crippen molar-refractivity contribution in [1.29, 1.82) is 5.26 Å². The van der Waals surface area contributed by atoms with Crippen LogP contribution < -0.4 is 5.32 Å². The fraction of sp³-hybridized carbons (Fsp3) is 0.312. The second kappa shape index (κ2) is 5.59. The van der Waals surface area contributed by atoms with E-state index < -0.39 is 5.54 Å². The van der Waals surface area contributed by atoms with Crippen LogP contribution in [-0.4, -0.2) is 48.6 Å². The minimum Gasteiger partial charge on any atom is -0.346 e. The van der Waals surface area contributed by atoms with Gasteiger partial charge in [-0.25, -0.2) is 9.97 Å². The number of aromatic amines is 1. The Morgan fingerprint density at radius 1 is 1.48 bits per heavy atom. The van der Waals surface area contributed by atoms with Crippen LogP contribution in [-0.2, 0) is 10.3 Å². The molecule has 9 heteroatoms. The van der Waals surface area contributed by atoms with Crippen LogP contribution in [0.3, 0.4) is 0 Å². The Morgan fingerprint density at radius 3 is 3.08 bits per heavy atom. The van der Waals surface area contributed by atoms with Gasteiger partial charge in [-0.05, 0) is 6.07 Å². The molecule has 126 valence electrons. The average Bonchev–Trinajstić information content (AvgIpc) is 3.20. The number of carbonyl (C=O) groups excluding carboxylic acids is 1. The normalized spacial score (nSPS) is 15.6. The van der Waals surface area contributed by atoms with E-state index in [0.29, 0.717) is 25.3 Å². The molecule has 9 nitrogen and oxygen atoms in total. The van der Waals surface area contributed by atoms with Gasteiger partial charge >= 0.3 is 0 Å². The number of aromatic nitrogens is 5. The minimum absolute atomic E-state index is 0.00917. The number of likely N-dealkylation sites (tertiary alicyclic amines) is 1. The smallest absolute Gasteiger partial charge is 0.219 e. The number of hydrogen-bond donors (Lipinski definition) is 2. The highest BCUT2D eigenvalue weighted by molar-refractivity contribution is 5.88. The van der Waals surface area contributed by atoms with Gasteiger partial charge in [-0.3, -0.25) is 9.48 Å². The summed E-state index contributed by atoms with van der Waals surface area (Å²) in [5.74, 6) is 0.689. The summed E-state index contributed by atoms with van der Waals surface area (Å²) in [6.45, 7) is 2.52. The van der Waals surface area contributed by atoms with Crippen LogP contribution >= 0.6 is 0 Å². The molecule has 1 saturated heterocycles. The van der Waals surface area contributed by atoms with Gasteiger partial charge in [0.25, 0.3) is 0 Å². The molecule has 1 amide bonds. The van der Waals surface area contributed by atoms with E-state index >= 15 is 0 Å². The second-order valence-corrected chi connectivity index (χ2v) is 6.20. The van der Waals surface area contributed by atoms with E-state index in [-0.39, 0.29) is 5.91 Å². The van der Waals surface area contributed by atoms with Crippen molar-refractivity contribution in [3.8, 4) is 6.07 Å². The third-order valence-electron chi connectivity index (χ3n) is 4.51. The van der Waals surface area contributed by atoms with Gasteiger partial charge in [0.05, 0.1) is 29.8 Å². The molecule has 25 heavy (non-hydrogen) atoms. The first kappa shape index (κ1) is 15.1. The summed E-state index contributed by atoms with van der Waals surface area (Å²) in [5, 5.41) is 17.7. The Labute approximate surface area is 143 Å². The Kier molecular flexibility index (Phi) is 3.39. The number of nitrogens with one attached hydrogen (secondary N) is 2. The molecule has 0 unspecified atom stereocenters. The van der Waals surface area contributed by atoms with E-state index in [1.165, 1.54) is 13.3 Å².